The monoisotopic (exact) mass is 329 g/mol. The Labute approximate surface area is 140 Å². The smallest absolute Gasteiger partial charge is 0.246 e. The maximum Gasteiger partial charge on any atom is 0.246 e. The number of carbonyl (C=O) groups is 1. The van der Waals surface area contributed by atoms with Crippen LogP contribution in [0.4, 0.5) is 0 Å². The molecule has 0 unspecified atom stereocenters. The lowest BCUT2D eigenvalue weighted by molar-refractivity contribution is -0.126. The van der Waals surface area contributed by atoms with E-state index < -0.39 is 0 Å². The van der Waals surface area contributed by atoms with Crippen LogP contribution < -0.4 is 9.47 Å². The molecule has 2 heterocycles. The molecule has 0 aliphatic carbocycles. The van der Waals surface area contributed by atoms with Gasteiger partial charge < -0.3 is 14.4 Å². The van der Waals surface area contributed by atoms with Crippen LogP contribution >= 0.6 is 11.3 Å². The van der Waals surface area contributed by atoms with Crippen LogP contribution in [0.15, 0.2) is 41.8 Å². The molecular weight excluding hydrogens is 310 g/mol. The Kier molecular flexibility index (Phi) is 4.98. The highest BCUT2D eigenvalue weighted by Crippen LogP contribution is 2.31. The Morgan fingerprint density at radius 3 is 2.83 bits per heavy atom. The van der Waals surface area contributed by atoms with Crippen LogP contribution in [-0.2, 0) is 11.3 Å². The van der Waals surface area contributed by atoms with E-state index >= 15 is 0 Å². The van der Waals surface area contributed by atoms with Crippen molar-refractivity contribution in [3.63, 3.8) is 0 Å². The predicted molar refractivity (Wildman–Crippen MR) is 91.9 cm³/mol. The molecule has 1 aliphatic heterocycles. The highest BCUT2D eigenvalue weighted by Gasteiger charge is 2.12. The molecule has 0 fully saturated rings. The van der Waals surface area contributed by atoms with Crippen molar-refractivity contribution in [2.45, 2.75) is 13.5 Å². The minimum Gasteiger partial charge on any atom is -0.486 e. The van der Waals surface area contributed by atoms with Gasteiger partial charge in [0.15, 0.2) is 11.5 Å². The summed E-state index contributed by atoms with van der Waals surface area (Å²) in [5, 5.41) is 2.03. The van der Waals surface area contributed by atoms with Crippen LogP contribution in [0.25, 0.3) is 6.08 Å². The lowest BCUT2D eigenvalue weighted by atomic mass is 10.1. The highest BCUT2D eigenvalue weighted by molar-refractivity contribution is 7.09. The van der Waals surface area contributed by atoms with Crippen molar-refractivity contribution in [1.29, 1.82) is 0 Å². The number of amides is 1. The third kappa shape index (κ3) is 3.93. The van der Waals surface area contributed by atoms with Crippen LogP contribution in [0.5, 0.6) is 11.5 Å². The summed E-state index contributed by atoms with van der Waals surface area (Å²) in [6, 6.07) is 9.75. The number of ether oxygens (including phenoxy) is 2. The largest absolute Gasteiger partial charge is 0.486 e. The lowest BCUT2D eigenvalue weighted by Crippen LogP contribution is -2.28. The molecule has 0 saturated heterocycles. The minimum absolute atomic E-state index is 0.00999. The van der Waals surface area contributed by atoms with Gasteiger partial charge in [-0.3, -0.25) is 4.79 Å². The number of nitrogens with zero attached hydrogens (tertiary/aromatic N) is 1. The van der Waals surface area contributed by atoms with Gasteiger partial charge in [-0.1, -0.05) is 12.1 Å². The van der Waals surface area contributed by atoms with E-state index in [1.165, 1.54) is 4.88 Å². The van der Waals surface area contributed by atoms with Gasteiger partial charge in [0.1, 0.15) is 13.2 Å². The molecule has 4 nitrogen and oxygen atoms in total. The van der Waals surface area contributed by atoms with E-state index in [0.29, 0.717) is 26.3 Å². The molecule has 1 aromatic carbocycles. The van der Waals surface area contributed by atoms with Gasteiger partial charge in [-0.25, -0.2) is 0 Å². The molecule has 1 aromatic heterocycles. The highest BCUT2D eigenvalue weighted by atomic mass is 32.1. The summed E-state index contributed by atoms with van der Waals surface area (Å²) in [4.78, 5) is 15.4. The number of likely N-dealkylation sites (N-methyl/N-ethyl adjacent to an activating group) is 1. The average Bonchev–Trinajstić information content (AvgIpc) is 3.10. The van der Waals surface area contributed by atoms with Gasteiger partial charge in [-0.2, -0.15) is 0 Å². The van der Waals surface area contributed by atoms with Crippen molar-refractivity contribution in [2.24, 2.45) is 0 Å². The van der Waals surface area contributed by atoms with Crippen molar-refractivity contribution in [3.8, 4) is 11.5 Å². The molecule has 0 saturated carbocycles. The summed E-state index contributed by atoms with van der Waals surface area (Å²) >= 11 is 1.67. The zero-order chi connectivity index (χ0) is 16.1. The number of thiophene rings is 1. The van der Waals surface area contributed by atoms with Crippen molar-refractivity contribution in [3.05, 3.63) is 52.2 Å². The Morgan fingerprint density at radius 1 is 1.26 bits per heavy atom. The molecule has 2 aromatic rings. The van der Waals surface area contributed by atoms with Gasteiger partial charge in [-0.15, -0.1) is 11.3 Å². The first-order chi connectivity index (χ1) is 11.3. The summed E-state index contributed by atoms with van der Waals surface area (Å²) in [6.45, 7) is 4.46. The first kappa shape index (κ1) is 15.6. The van der Waals surface area contributed by atoms with Crippen molar-refractivity contribution in [2.75, 3.05) is 19.8 Å². The molecule has 1 amide bonds. The van der Waals surface area contributed by atoms with Gasteiger partial charge in [0.25, 0.3) is 0 Å². The Bertz CT molecular complexity index is 694. The zero-order valence-corrected chi connectivity index (χ0v) is 13.8. The minimum atomic E-state index is 0.00999. The SMILES string of the molecule is CCN(Cc1cccs1)C(=O)C=Cc1ccc2c(c1)OCCO2. The maximum absolute atomic E-state index is 12.4. The van der Waals surface area contributed by atoms with Gasteiger partial charge in [0.05, 0.1) is 6.54 Å². The van der Waals surface area contributed by atoms with Crippen LogP contribution in [-0.4, -0.2) is 30.6 Å². The fourth-order valence-corrected chi connectivity index (χ4v) is 3.09. The molecule has 5 heteroatoms. The molecule has 3 rings (SSSR count). The Hall–Kier alpha value is -2.27. The summed E-state index contributed by atoms with van der Waals surface area (Å²) in [6.07, 6.45) is 3.43. The predicted octanol–water partition coefficient (Wildman–Crippen LogP) is 3.58. The number of hydrogen-bond donors (Lipinski definition) is 0. The molecule has 120 valence electrons. The normalized spacial score (nSPS) is 13.3. The van der Waals surface area contributed by atoms with E-state index in [4.69, 9.17) is 9.47 Å². The van der Waals surface area contributed by atoms with Gasteiger partial charge in [-0.05, 0) is 42.1 Å². The van der Waals surface area contributed by atoms with E-state index in [1.54, 1.807) is 17.4 Å². The van der Waals surface area contributed by atoms with E-state index in [0.717, 1.165) is 17.1 Å². The number of benzene rings is 1. The topological polar surface area (TPSA) is 38.8 Å². The van der Waals surface area contributed by atoms with Crippen molar-refractivity contribution in [1.82, 2.24) is 4.90 Å². The third-order valence-corrected chi connectivity index (χ3v) is 4.47. The zero-order valence-electron chi connectivity index (χ0n) is 13.0. The molecule has 0 radical (unpaired) electrons. The maximum atomic E-state index is 12.4. The van der Waals surface area contributed by atoms with E-state index in [9.17, 15) is 4.79 Å². The van der Waals surface area contributed by atoms with Gasteiger partial charge in [0.2, 0.25) is 5.91 Å². The number of rotatable bonds is 5. The van der Waals surface area contributed by atoms with Crippen molar-refractivity contribution >= 4 is 23.3 Å². The van der Waals surface area contributed by atoms with Crippen LogP contribution in [0, 0.1) is 0 Å². The third-order valence-electron chi connectivity index (χ3n) is 3.60. The van der Waals surface area contributed by atoms with Gasteiger partial charge >= 0.3 is 0 Å². The first-order valence-corrected chi connectivity index (χ1v) is 8.53. The summed E-state index contributed by atoms with van der Waals surface area (Å²) in [7, 11) is 0. The fraction of sp³-hybridized carbons (Fsp3) is 0.278. The molecule has 0 bridgehead atoms. The molecule has 1 aliphatic rings. The molecule has 0 atom stereocenters. The van der Waals surface area contributed by atoms with Crippen LogP contribution in [0.3, 0.4) is 0 Å². The fourth-order valence-electron chi connectivity index (χ4n) is 2.37. The molecular formula is C18H19NO3S. The molecule has 0 N–H and O–H groups in total. The quantitative estimate of drug-likeness (QED) is 0.787. The van der Waals surface area contributed by atoms with Crippen molar-refractivity contribution < 1.29 is 14.3 Å². The summed E-state index contributed by atoms with van der Waals surface area (Å²) in [5.41, 5.74) is 0.926. The van der Waals surface area contributed by atoms with Crippen LogP contribution in [0.1, 0.15) is 17.4 Å². The van der Waals surface area contributed by atoms with E-state index in [-0.39, 0.29) is 5.91 Å². The Balaban J connectivity index is 1.67. The molecule has 23 heavy (non-hydrogen) atoms. The van der Waals surface area contributed by atoms with E-state index in [1.807, 2.05) is 53.6 Å². The van der Waals surface area contributed by atoms with Gasteiger partial charge in [0, 0.05) is 17.5 Å². The number of hydrogen-bond acceptors (Lipinski definition) is 4. The van der Waals surface area contributed by atoms with Crippen LogP contribution in [0.2, 0.25) is 0 Å². The number of fused-ring (bicyclic) bond motifs is 1. The summed E-state index contributed by atoms with van der Waals surface area (Å²) < 4.78 is 11.1. The standard InChI is InChI=1S/C18H19NO3S/c1-2-19(13-15-4-3-11-23-15)18(20)8-6-14-5-7-16-17(12-14)22-10-9-21-16/h3-8,11-12H,2,9-10,13H2,1H3. The first-order valence-electron chi connectivity index (χ1n) is 7.65. The van der Waals surface area contributed by atoms with E-state index in [2.05, 4.69) is 0 Å². The number of carbonyl (C=O) groups excluding carboxylic acids is 1. The second-order valence-electron chi connectivity index (χ2n) is 5.17. The second kappa shape index (κ2) is 7.33. The molecule has 0 spiro atoms. The Morgan fingerprint density at radius 2 is 2.09 bits per heavy atom. The average molecular weight is 329 g/mol. The second-order valence-corrected chi connectivity index (χ2v) is 6.20. The summed E-state index contributed by atoms with van der Waals surface area (Å²) in [5.74, 6) is 1.50. The lowest BCUT2D eigenvalue weighted by Gasteiger charge is -2.19.